The molecular formula is C21H24N4O4. The van der Waals surface area contributed by atoms with Crippen molar-refractivity contribution in [3.8, 4) is 0 Å². The Hall–Kier alpha value is -3.00. The standard InChI is InChI=1S/C21H24N4O4/c26-18-5-1-4-17(23-18)20(28)25-10-8-21(15-25)14-24(11-12-29-21)19(27)7-6-16-3-2-9-22-13-16/h1-5,9,13H,6-8,10-12,14-15H2,(H,23,26). The van der Waals surface area contributed by atoms with Crippen molar-refractivity contribution in [2.75, 3.05) is 32.8 Å². The van der Waals surface area contributed by atoms with E-state index in [9.17, 15) is 14.4 Å². The Morgan fingerprint density at radius 1 is 1.14 bits per heavy atom. The van der Waals surface area contributed by atoms with Gasteiger partial charge in [0, 0.05) is 38.0 Å². The van der Waals surface area contributed by atoms with Crippen LogP contribution in [-0.2, 0) is 16.0 Å². The smallest absolute Gasteiger partial charge is 0.270 e. The van der Waals surface area contributed by atoms with Crippen LogP contribution in [0.15, 0.2) is 47.5 Å². The summed E-state index contributed by atoms with van der Waals surface area (Å²) in [7, 11) is 0. The Kier molecular flexibility index (Phi) is 5.44. The maximum absolute atomic E-state index is 12.7. The molecule has 1 spiro atoms. The van der Waals surface area contributed by atoms with E-state index in [1.807, 2.05) is 17.0 Å². The fourth-order valence-electron chi connectivity index (χ4n) is 4.02. The Balaban J connectivity index is 1.37. The molecule has 2 saturated heterocycles. The quantitative estimate of drug-likeness (QED) is 0.827. The molecule has 4 heterocycles. The Bertz CT molecular complexity index is 945. The summed E-state index contributed by atoms with van der Waals surface area (Å²) in [6.45, 7) is 2.45. The lowest BCUT2D eigenvalue weighted by Gasteiger charge is -2.40. The number of H-pyrrole nitrogens is 1. The predicted molar refractivity (Wildman–Crippen MR) is 105 cm³/mol. The third kappa shape index (κ3) is 4.37. The van der Waals surface area contributed by atoms with Crippen molar-refractivity contribution >= 4 is 11.8 Å². The minimum Gasteiger partial charge on any atom is -0.369 e. The van der Waals surface area contributed by atoms with Gasteiger partial charge in [-0.25, -0.2) is 0 Å². The van der Waals surface area contributed by atoms with E-state index in [-0.39, 0.29) is 23.1 Å². The summed E-state index contributed by atoms with van der Waals surface area (Å²) in [5.74, 6) is -0.128. The zero-order chi connectivity index (χ0) is 20.3. The van der Waals surface area contributed by atoms with Gasteiger partial charge in [-0.05, 0) is 30.5 Å². The number of amides is 2. The molecule has 2 aromatic rings. The van der Waals surface area contributed by atoms with E-state index in [4.69, 9.17) is 4.74 Å². The molecule has 4 rings (SSSR count). The maximum atomic E-state index is 12.7. The first-order chi connectivity index (χ1) is 14.0. The van der Waals surface area contributed by atoms with E-state index in [1.54, 1.807) is 29.4 Å². The number of ether oxygens (including phenoxy) is 1. The van der Waals surface area contributed by atoms with Gasteiger partial charge in [0.25, 0.3) is 5.91 Å². The summed E-state index contributed by atoms with van der Waals surface area (Å²) >= 11 is 0. The molecule has 2 amide bonds. The second kappa shape index (κ2) is 8.16. The van der Waals surface area contributed by atoms with E-state index >= 15 is 0 Å². The van der Waals surface area contributed by atoms with Gasteiger partial charge in [-0.15, -0.1) is 0 Å². The number of nitrogens with one attached hydrogen (secondary N) is 1. The summed E-state index contributed by atoms with van der Waals surface area (Å²) in [5, 5.41) is 0. The number of carbonyl (C=O) groups is 2. The third-order valence-electron chi connectivity index (χ3n) is 5.55. The summed E-state index contributed by atoms with van der Waals surface area (Å²) < 4.78 is 6.04. The molecule has 0 saturated carbocycles. The fourth-order valence-corrected chi connectivity index (χ4v) is 4.02. The van der Waals surface area contributed by atoms with Crippen molar-refractivity contribution in [2.45, 2.75) is 24.9 Å². The van der Waals surface area contributed by atoms with Gasteiger partial charge in [-0.1, -0.05) is 12.1 Å². The number of aryl methyl sites for hydroxylation is 1. The maximum Gasteiger partial charge on any atom is 0.270 e. The zero-order valence-corrected chi connectivity index (χ0v) is 16.2. The zero-order valence-electron chi connectivity index (χ0n) is 16.2. The lowest BCUT2D eigenvalue weighted by molar-refractivity contribution is -0.148. The van der Waals surface area contributed by atoms with E-state index < -0.39 is 5.60 Å². The lowest BCUT2D eigenvalue weighted by Crippen LogP contribution is -2.55. The van der Waals surface area contributed by atoms with E-state index in [0.29, 0.717) is 52.0 Å². The first-order valence-electron chi connectivity index (χ1n) is 9.84. The fraction of sp³-hybridized carbons (Fsp3) is 0.429. The van der Waals surface area contributed by atoms with Crippen molar-refractivity contribution in [1.29, 1.82) is 0 Å². The van der Waals surface area contributed by atoms with Gasteiger partial charge in [0.2, 0.25) is 11.5 Å². The minimum atomic E-state index is -0.535. The highest BCUT2D eigenvalue weighted by Crippen LogP contribution is 2.30. The van der Waals surface area contributed by atoms with Crippen molar-refractivity contribution in [2.24, 2.45) is 0 Å². The molecule has 2 aromatic heterocycles. The van der Waals surface area contributed by atoms with Crippen molar-refractivity contribution in [3.05, 3.63) is 64.3 Å². The molecule has 152 valence electrons. The first-order valence-corrected chi connectivity index (χ1v) is 9.84. The van der Waals surface area contributed by atoms with E-state index in [1.165, 1.54) is 6.07 Å². The summed E-state index contributed by atoms with van der Waals surface area (Å²) in [6, 6.07) is 8.38. The predicted octanol–water partition coefficient (Wildman–Crippen LogP) is 0.846. The van der Waals surface area contributed by atoms with Crippen molar-refractivity contribution < 1.29 is 14.3 Å². The molecule has 1 atom stereocenters. The monoisotopic (exact) mass is 396 g/mol. The minimum absolute atomic E-state index is 0.0914. The molecule has 29 heavy (non-hydrogen) atoms. The number of likely N-dealkylation sites (tertiary alicyclic amines) is 1. The van der Waals surface area contributed by atoms with Gasteiger partial charge >= 0.3 is 0 Å². The highest BCUT2D eigenvalue weighted by Gasteiger charge is 2.45. The van der Waals surface area contributed by atoms with Gasteiger partial charge in [0.1, 0.15) is 11.3 Å². The number of aromatic nitrogens is 2. The van der Waals surface area contributed by atoms with Crippen LogP contribution in [0.2, 0.25) is 0 Å². The number of rotatable bonds is 4. The summed E-state index contributed by atoms with van der Waals surface area (Å²) in [5.41, 5.74) is 0.476. The highest BCUT2D eigenvalue weighted by molar-refractivity contribution is 5.92. The van der Waals surface area contributed by atoms with Crippen molar-refractivity contribution in [3.63, 3.8) is 0 Å². The van der Waals surface area contributed by atoms with Gasteiger partial charge < -0.3 is 19.5 Å². The number of pyridine rings is 2. The second-order valence-electron chi connectivity index (χ2n) is 7.61. The van der Waals surface area contributed by atoms with Crippen molar-refractivity contribution in [1.82, 2.24) is 19.8 Å². The van der Waals surface area contributed by atoms with Crippen LogP contribution < -0.4 is 5.56 Å². The highest BCUT2D eigenvalue weighted by atomic mass is 16.5. The number of hydrogen-bond acceptors (Lipinski definition) is 5. The number of nitrogens with zero attached hydrogens (tertiary/aromatic N) is 3. The average molecular weight is 396 g/mol. The molecule has 0 radical (unpaired) electrons. The molecular weight excluding hydrogens is 372 g/mol. The second-order valence-corrected chi connectivity index (χ2v) is 7.61. The van der Waals surface area contributed by atoms with Crippen LogP contribution in [0.25, 0.3) is 0 Å². The largest absolute Gasteiger partial charge is 0.369 e. The van der Waals surface area contributed by atoms with Gasteiger partial charge in [-0.3, -0.25) is 19.4 Å². The first kappa shape index (κ1) is 19.3. The molecule has 1 unspecified atom stereocenters. The average Bonchev–Trinajstić information content (AvgIpc) is 3.15. The number of hydrogen-bond donors (Lipinski definition) is 1. The van der Waals surface area contributed by atoms with Gasteiger partial charge in [-0.2, -0.15) is 0 Å². The topological polar surface area (TPSA) is 95.6 Å². The Morgan fingerprint density at radius 3 is 2.79 bits per heavy atom. The lowest BCUT2D eigenvalue weighted by atomic mass is 10.00. The normalized spacial score (nSPS) is 21.5. The molecule has 0 bridgehead atoms. The molecule has 2 aliphatic heterocycles. The Morgan fingerprint density at radius 2 is 2.00 bits per heavy atom. The summed E-state index contributed by atoms with van der Waals surface area (Å²) in [6.07, 6.45) is 5.25. The van der Waals surface area contributed by atoms with Crippen LogP contribution in [0.5, 0.6) is 0 Å². The molecule has 1 N–H and O–H groups in total. The number of carbonyl (C=O) groups excluding carboxylic acids is 2. The third-order valence-corrected chi connectivity index (χ3v) is 5.55. The van der Waals surface area contributed by atoms with Crippen LogP contribution in [0, 0.1) is 0 Å². The van der Waals surface area contributed by atoms with E-state index in [2.05, 4.69) is 9.97 Å². The molecule has 8 nitrogen and oxygen atoms in total. The molecule has 2 fully saturated rings. The van der Waals surface area contributed by atoms with Crippen LogP contribution >= 0.6 is 0 Å². The van der Waals surface area contributed by atoms with E-state index in [0.717, 1.165) is 5.56 Å². The molecule has 8 heteroatoms. The SMILES string of the molecule is O=C(CCc1cccnc1)N1CCOC2(CCN(C(=O)c3cccc(=O)[nH]3)C2)C1. The summed E-state index contributed by atoms with van der Waals surface area (Å²) in [4.78, 5) is 47.1. The molecule has 2 aliphatic rings. The number of aromatic amines is 1. The van der Waals surface area contributed by atoms with Crippen LogP contribution in [-0.4, -0.2) is 70.0 Å². The Labute approximate surface area is 168 Å². The van der Waals surface area contributed by atoms with Crippen LogP contribution in [0.3, 0.4) is 0 Å². The van der Waals surface area contributed by atoms with Gasteiger partial charge in [0.15, 0.2) is 0 Å². The van der Waals surface area contributed by atoms with Crippen LogP contribution in [0.1, 0.15) is 28.9 Å². The molecule has 0 aliphatic carbocycles. The van der Waals surface area contributed by atoms with Crippen LogP contribution in [0.4, 0.5) is 0 Å². The molecule has 0 aromatic carbocycles. The van der Waals surface area contributed by atoms with Gasteiger partial charge in [0.05, 0.1) is 19.7 Å². The number of morpholine rings is 1.